The summed E-state index contributed by atoms with van der Waals surface area (Å²) in [6.45, 7) is 0. The Morgan fingerprint density at radius 3 is 1.93 bits per heavy atom. The second kappa shape index (κ2) is 12.3. The lowest BCUT2D eigenvalue weighted by Gasteiger charge is -2.09. The number of benzene rings is 8. The molecule has 0 atom stereocenters. The quantitative estimate of drug-likeness (QED) is 0.176. The van der Waals surface area contributed by atoms with Crippen LogP contribution in [0, 0.1) is 0 Å². The summed E-state index contributed by atoms with van der Waals surface area (Å²) in [6.07, 6.45) is 0. The second-order valence-electron chi connectivity index (χ2n) is 14.0. The predicted octanol–water partition coefficient (Wildman–Crippen LogP) is 13.4. The minimum absolute atomic E-state index is 0.0530. The Labute approximate surface area is 332 Å². The molecule has 0 N–H and O–H groups in total. The monoisotopic (exact) mass is 735 g/mol. The molecule has 0 amide bonds. The van der Waals surface area contributed by atoms with Gasteiger partial charge in [-0.3, -0.25) is 0 Å². The molecule has 0 bridgehead atoms. The number of fused-ring (bicyclic) bond motifs is 9. The maximum Gasteiger partial charge on any atom is 0.164 e. The van der Waals surface area contributed by atoms with Gasteiger partial charge in [0, 0.05) is 60.8 Å². The number of aromatic nitrogens is 4. The summed E-state index contributed by atoms with van der Waals surface area (Å²) in [4.78, 5) is 14.6. The predicted molar refractivity (Wildman–Crippen MR) is 230 cm³/mol. The highest BCUT2D eigenvalue weighted by Gasteiger charge is 2.20. The summed E-state index contributed by atoms with van der Waals surface area (Å²) in [7, 11) is 0. The first-order chi connectivity index (χ1) is 30.3. The van der Waals surface area contributed by atoms with Crippen LogP contribution in [-0.4, -0.2) is 19.5 Å². The standard InChI is InChI=1S/C51H30N4O2/c1-3-12-31(13-4-1)33-22-25-37-36-16-7-9-19-42(36)55(43(37)28-33)35-24-27-39-38-26-23-34(29-46(38)57-47(39)30-35)50-52-49(32-14-5-2-6-15-32)53-51(54-50)41-18-11-21-45-48(41)40-17-8-10-20-44(40)56-45/h1-30H/i2D,5D,6D,14D,15D. The van der Waals surface area contributed by atoms with E-state index in [0.29, 0.717) is 33.5 Å². The molecule has 12 aromatic rings. The molecule has 0 aliphatic rings. The normalized spacial score (nSPS) is 13.1. The van der Waals surface area contributed by atoms with Crippen molar-refractivity contribution in [2.45, 2.75) is 0 Å². The van der Waals surface area contributed by atoms with Crippen LogP contribution in [0.25, 0.3) is 117 Å². The fraction of sp³-hybridized carbons (Fsp3) is 0. The summed E-state index contributed by atoms with van der Waals surface area (Å²) in [5, 5.41) is 5.81. The number of para-hydroxylation sites is 2. The van der Waals surface area contributed by atoms with E-state index in [0.717, 1.165) is 60.2 Å². The largest absolute Gasteiger partial charge is 0.456 e. The zero-order valence-electron chi connectivity index (χ0n) is 35.0. The summed E-state index contributed by atoms with van der Waals surface area (Å²) in [5.41, 5.74) is 9.17. The van der Waals surface area contributed by atoms with Gasteiger partial charge in [-0.05, 0) is 59.7 Å². The van der Waals surface area contributed by atoms with E-state index in [9.17, 15) is 0 Å². The molecule has 266 valence electrons. The van der Waals surface area contributed by atoms with Crippen molar-refractivity contribution in [1.82, 2.24) is 19.5 Å². The molecule has 0 saturated carbocycles. The number of nitrogens with zero attached hydrogens (tertiary/aromatic N) is 4. The van der Waals surface area contributed by atoms with Crippen LogP contribution in [-0.2, 0) is 0 Å². The summed E-state index contributed by atoms with van der Waals surface area (Å²) in [6, 6.07) is 48.5. The molecule has 6 heteroatoms. The van der Waals surface area contributed by atoms with Crippen molar-refractivity contribution < 1.29 is 15.7 Å². The van der Waals surface area contributed by atoms with Gasteiger partial charge in [0.2, 0.25) is 0 Å². The summed E-state index contributed by atoms with van der Waals surface area (Å²) >= 11 is 0. The van der Waals surface area contributed by atoms with Gasteiger partial charge in [0.1, 0.15) is 22.3 Å². The van der Waals surface area contributed by atoms with Gasteiger partial charge in [-0.25, -0.2) is 15.0 Å². The Kier molecular flexibility index (Phi) is 5.82. The van der Waals surface area contributed by atoms with Crippen LogP contribution in [0.1, 0.15) is 6.85 Å². The minimum Gasteiger partial charge on any atom is -0.456 e. The Bertz CT molecular complexity index is 3810. The maximum atomic E-state index is 8.81. The van der Waals surface area contributed by atoms with E-state index in [4.69, 9.17) is 30.6 Å². The third-order valence-electron chi connectivity index (χ3n) is 10.8. The topological polar surface area (TPSA) is 69.9 Å². The van der Waals surface area contributed by atoms with Crippen LogP contribution in [0.2, 0.25) is 0 Å². The molecule has 0 aliphatic carbocycles. The highest BCUT2D eigenvalue weighted by atomic mass is 16.3. The number of hydrogen-bond donors (Lipinski definition) is 0. The smallest absolute Gasteiger partial charge is 0.164 e. The van der Waals surface area contributed by atoms with Crippen molar-refractivity contribution >= 4 is 65.7 Å². The van der Waals surface area contributed by atoms with Gasteiger partial charge < -0.3 is 13.4 Å². The number of rotatable bonds is 5. The number of hydrogen-bond acceptors (Lipinski definition) is 5. The van der Waals surface area contributed by atoms with Gasteiger partial charge in [-0.1, -0.05) is 127 Å². The zero-order chi connectivity index (χ0) is 41.8. The van der Waals surface area contributed by atoms with Crippen LogP contribution in [0.4, 0.5) is 0 Å². The zero-order valence-corrected chi connectivity index (χ0v) is 30.0. The van der Waals surface area contributed by atoms with Crippen LogP contribution in [0.3, 0.4) is 0 Å². The lowest BCUT2D eigenvalue weighted by atomic mass is 10.0. The van der Waals surface area contributed by atoms with Crippen LogP contribution in [0.5, 0.6) is 0 Å². The molecule has 4 heterocycles. The van der Waals surface area contributed by atoms with Crippen molar-refractivity contribution in [3.63, 3.8) is 0 Å². The first kappa shape index (κ1) is 26.9. The highest BCUT2D eigenvalue weighted by Crippen LogP contribution is 2.39. The Morgan fingerprint density at radius 2 is 1.05 bits per heavy atom. The first-order valence-electron chi connectivity index (χ1n) is 21.1. The van der Waals surface area contributed by atoms with Crippen LogP contribution < -0.4 is 0 Å². The molecular formula is C51H30N4O2. The molecule has 0 aliphatic heterocycles. The molecule has 8 aromatic carbocycles. The minimum atomic E-state index is -0.499. The van der Waals surface area contributed by atoms with E-state index in [1.165, 1.54) is 0 Å². The fourth-order valence-corrected chi connectivity index (χ4v) is 8.16. The highest BCUT2D eigenvalue weighted by molar-refractivity contribution is 6.13. The van der Waals surface area contributed by atoms with E-state index in [1.807, 2.05) is 66.7 Å². The van der Waals surface area contributed by atoms with Crippen molar-refractivity contribution in [2.24, 2.45) is 0 Å². The van der Waals surface area contributed by atoms with E-state index in [1.54, 1.807) is 0 Å². The molecule has 0 saturated heterocycles. The van der Waals surface area contributed by atoms with Gasteiger partial charge in [0.15, 0.2) is 17.5 Å². The molecule has 0 fully saturated rings. The fourth-order valence-electron chi connectivity index (χ4n) is 8.16. The van der Waals surface area contributed by atoms with Crippen molar-refractivity contribution in [2.75, 3.05) is 0 Å². The van der Waals surface area contributed by atoms with Crippen LogP contribution in [0.15, 0.2) is 191 Å². The van der Waals surface area contributed by atoms with E-state index < -0.39 is 30.2 Å². The van der Waals surface area contributed by atoms with Gasteiger partial charge in [0.25, 0.3) is 0 Å². The average Bonchev–Trinajstić information content (AvgIpc) is 3.99. The first-order valence-corrected chi connectivity index (χ1v) is 18.6. The third kappa shape index (κ3) is 5.01. The van der Waals surface area contributed by atoms with Gasteiger partial charge >= 0.3 is 0 Å². The van der Waals surface area contributed by atoms with E-state index in [-0.39, 0.29) is 23.0 Å². The van der Waals surface area contributed by atoms with E-state index >= 15 is 0 Å². The van der Waals surface area contributed by atoms with Crippen molar-refractivity contribution in [1.29, 1.82) is 0 Å². The Balaban J connectivity index is 1.04. The molecule has 0 radical (unpaired) electrons. The lowest BCUT2D eigenvalue weighted by Crippen LogP contribution is -2.00. The summed E-state index contributed by atoms with van der Waals surface area (Å²) in [5.74, 6) is 0.441. The summed E-state index contributed by atoms with van der Waals surface area (Å²) < 4.78 is 57.8. The number of furan rings is 2. The second-order valence-corrected chi connectivity index (χ2v) is 14.0. The molecule has 12 rings (SSSR count). The molecule has 4 aromatic heterocycles. The molecule has 0 spiro atoms. The van der Waals surface area contributed by atoms with Crippen molar-refractivity contribution in [3.05, 3.63) is 182 Å². The van der Waals surface area contributed by atoms with Gasteiger partial charge in [-0.15, -0.1) is 0 Å². The van der Waals surface area contributed by atoms with Crippen LogP contribution >= 0.6 is 0 Å². The average molecular weight is 736 g/mol. The van der Waals surface area contributed by atoms with Gasteiger partial charge in [-0.2, -0.15) is 0 Å². The lowest BCUT2D eigenvalue weighted by molar-refractivity contribution is 0.668. The maximum absolute atomic E-state index is 8.81. The van der Waals surface area contributed by atoms with Gasteiger partial charge in [0.05, 0.1) is 17.9 Å². The Hall–Kier alpha value is -7.83. The molecular weight excluding hydrogens is 701 g/mol. The SMILES string of the molecule is [2H]c1c([2H])c([2H])c(-c2nc(-c3ccc4c(c3)oc3cc(-n5c6ccccc6c6ccc(-c7ccccc7)cc65)ccc34)nc(-c3cccc4oc5ccccc5c34)n2)c([2H])c1[2H]. The molecule has 6 nitrogen and oxygen atoms in total. The Morgan fingerprint density at radius 1 is 0.404 bits per heavy atom. The molecule has 57 heavy (non-hydrogen) atoms. The molecule has 0 unspecified atom stereocenters. The van der Waals surface area contributed by atoms with Crippen molar-refractivity contribution in [3.8, 4) is 51.0 Å². The van der Waals surface area contributed by atoms with E-state index in [2.05, 4.69) is 89.5 Å². The third-order valence-corrected chi connectivity index (χ3v) is 10.8.